The van der Waals surface area contributed by atoms with E-state index < -0.39 is 0 Å². The SMILES string of the molecule is Cc1cccc(NC(=O)c2cc(Cl)ccn2)c1C. The quantitative estimate of drug-likeness (QED) is 0.896. The maximum Gasteiger partial charge on any atom is 0.274 e. The van der Waals surface area contributed by atoms with Crippen LogP contribution in [0.4, 0.5) is 5.69 Å². The Labute approximate surface area is 111 Å². The molecule has 0 unspecified atom stereocenters. The summed E-state index contributed by atoms with van der Waals surface area (Å²) in [4.78, 5) is 16.0. The Morgan fingerprint density at radius 1 is 1.28 bits per heavy atom. The van der Waals surface area contributed by atoms with Gasteiger partial charge in [-0.2, -0.15) is 0 Å². The van der Waals surface area contributed by atoms with Crippen LogP contribution in [0.3, 0.4) is 0 Å². The van der Waals surface area contributed by atoms with E-state index in [1.807, 2.05) is 32.0 Å². The lowest BCUT2D eigenvalue weighted by molar-refractivity contribution is 0.102. The zero-order chi connectivity index (χ0) is 13.1. The second-order valence-electron chi connectivity index (χ2n) is 4.06. The van der Waals surface area contributed by atoms with Crippen LogP contribution in [0.25, 0.3) is 0 Å². The largest absolute Gasteiger partial charge is 0.320 e. The lowest BCUT2D eigenvalue weighted by Crippen LogP contribution is -2.14. The molecule has 0 saturated carbocycles. The van der Waals surface area contributed by atoms with E-state index in [-0.39, 0.29) is 5.91 Å². The first-order valence-electron chi connectivity index (χ1n) is 5.57. The molecule has 3 nitrogen and oxygen atoms in total. The molecule has 4 heteroatoms. The van der Waals surface area contributed by atoms with Crippen LogP contribution in [-0.2, 0) is 0 Å². The minimum absolute atomic E-state index is 0.258. The Balaban J connectivity index is 2.24. The molecular formula is C14H13ClN2O. The number of halogens is 1. The summed E-state index contributed by atoms with van der Waals surface area (Å²) in [5.74, 6) is -0.258. The van der Waals surface area contributed by atoms with Crippen molar-refractivity contribution in [1.29, 1.82) is 0 Å². The van der Waals surface area contributed by atoms with Crippen molar-refractivity contribution in [3.8, 4) is 0 Å². The molecule has 2 rings (SSSR count). The van der Waals surface area contributed by atoms with Gasteiger partial charge in [0.1, 0.15) is 5.69 Å². The predicted molar refractivity (Wildman–Crippen MR) is 73.1 cm³/mol. The number of nitrogens with one attached hydrogen (secondary N) is 1. The topological polar surface area (TPSA) is 42.0 Å². The van der Waals surface area contributed by atoms with Crippen molar-refractivity contribution in [3.05, 3.63) is 58.4 Å². The summed E-state index contributed by atoms with van der Waals surface area (Å²) in [6.07, 6.45) is 1.51. The highest BCUT2D eigenvalue weighted by atomic mass is 35.5. The number of nitrogens with zero attached hydrogens (tertiary/aromatic N) is 1. The first-order valence-corrected chi connectivity index (χ1v) is 5.95. The second-order valence-corrected chi connectivity index (χ2v) is 4.50. The van der Waals surface area contributed by atoms with Crippen LogP contribution in [0.1, 0.15) is 21.6 Å². The van der Waals surface area contributed by atoms with Gasteiger partial charge >= 0.3 is 0 Å². The Bertz CT molecular complexity index is 596. The molecule has 18 heavy (non-hydrogen) atoms. The van der Waals surface area contributed by atoms with E-state index >= 15 is 0 Å². The molecule has 1 N–H and O–H groups in total. The van der Waals surface area contributed by atoms with Crippen LogP contribution >= 0.6 is 11.6 Å². The Kier molecular flexibility index (Phi) is 3.63. The first-order chi connectivity index (χ1) is 8.58. The Morgan fingerprint density at radius 2 is 2.06 bits per heavy atom. The molecule has 2 aromatic rings. The molecule has 1 aromatic carbocycles. The van der Waals surface area contributed by atoms with Crippen molar-refractivity contribution in [3.63, 3.8) is 0 Å². The molecule has 0 aliphatic carbocycles. The van der Waals surface area contributed by atoms with E-state index in [0.29, 0.717) is 10.7 Å². The number of amides is 1. The number of carbonyl (C=O) groups excluding carboxylic acids is 1. The first kappa shape index (κ1) is 12.6. The van der Waals surface area contributed by atoms with Gasteiger partial charge in [-0.3, -0.25) is 9.78 Å². The number of aryl methyl sites for hydroxylation is 1. The van der Waals surface area contributed by atoms with Crippen LogP contribution in [0.2, 0.25) is 5.02 Å². The molecule has 1 heterocycles. The number of carbonyl (C=O) groups is 1. The minimum atomic E-state index is -0.258. The average molecular weight is 261 g/mol. The van der Waals surface area contributed by atoms with Gasteiger partial charge in [0.05, 0.1) is 0 Å². The predicted octanol–water partition coefficient (Wildman–Crippen LogP) is 3.60. The van der Waals surface area contributed by atoms with Gasteiger partial charge in [0.2, 0.25) is 0 Å². The summed E-state index contributed by atoms with van der Waals surface area (Å²) in [7, 11) is 0. The van der Waals surface area contributed by atoms with Crippen LogP contribution in [-0.4, -0.2) is 10.9 Å². The lowest BCUT2D eigenvalue weighted by Gasteiger charge is -2.09. The van der Waals surface area contributed by atoms with Gasteiger partial charge in [-0.1, -0.05) is 23.7 Å². The molecule has 0 fully saturated rings. The summed E-state index contributed by atoms with van der Waals surface area (Å²) in [6, 6.07) is 8.95. The molecule has 1 aromatic heterocycles. The van der Waals surface area contributed by atoms with E-state index in [1.165, 1.54) is 6.20 Å². The number of hydrogen-bond donors (Lipinski definition) is 1. The zero-order valence-electron chi connectivity index (χ0n) is 10.2. The summed E-state index contributed by atoms with van der Waals surface area (Å²) < 4.78 is 0. The highest BCUT2D eigenvalue weighted by Crippen LogP contribution is 2.19. The van der Waals surface area contributed by atoms with Gasteiger partial charge in [-0.05, 0) is 43.2 Å². The number of benzene rings is 1. The standard InChI is InChI=1S/C14H13ClN2O/c1-9-4-3-5-12(10(9)2)17-14(18)13-8-11(15)6-7-16-13/h3-8H,1-2H3,(H,17,18). The van der Waals surface area contributed by atoms with Crippen LogP contribution < -0.4 is 5.32 Å². The third-order valence-electron chi connectivity index (χ3n) is 2.81. The number of hydrogen-bond acceptors (Lipinski definition) is 2. The number of aromatic nitrogens is 1. The number of pyridine rings is 1. The molecule has 0 saturated heterocycles. The van der Waals surface area contributed by atoms with E-state index in [4.69, 9.17) is 11.6 Å². The van der Waals surface area contributed by atoms with Crippen molar-refractivity contribution >= 4 is 23.2 Å². The molecule has 0 spiro atoms. The Hall–Kier alpha value is -1.87. The fourth-order valence-corrected chi connectivity index (χ4v) is 1.76. The highest BCUT2D eigenvalue weighted by Gasteiger charge is 2.09. The van der Waals surface area contributed by atoms with Crippen molar-refractivity contribution in [2.24, 2.45) is 0 Å². The third-order valence-corrected chi connectivity index (χ3v) is 3.04. The van der Waals surface area contributed by atoms with Crippen molar-refractivity contribution < 1.29 is 4.79 Å². The normalized spacial score (nSPS) is 10.2. The average Bonchev–Trinajstić information content (AvgIpc) is 2.35. The van der Waals surface area contributed by atoms with Gasteiger partial charge in [-0.15, -0.1) is 0 Å². The molecule has 92 valence electrons. The molecule has 1 amide bonds. The van der Waals surface area contributed by atoms with Crippen molar-refractivity contribution in [2.75, 3.05) is 5.32 Å². The molecule has 0 radical (unpaired) electrons. The fourth-order valence-electron chi connectivity index (χ4n) is 1.60. The number of rotatable bonds is 2. The summed E-state index contributed by atoms with van der Waals surface area (Å²) in [6.45, 7) is 3.97. The van der Waals surface area contributed by atoms with Gasteiger partial charge in [0, 0.05) is 16.9 Å². The highest BCUT2D eigenvalue weighted by molar-refractivity contribution is 6.30. The van der Waals surface area contributed by atoms with Crippen LogP contribution in [0.5, 0.6) is 0 Å². The zero-order valence-corrected chi connectivity index (χ0v) is 11.0. The van der Waals surface area contributed by atoms with E-state index in [0.717, 1.165) is 16.8 Å². The smallest absolute Gasteiger partial charge is 0.274 e. The van der Waals surface area contributed by atoms with E-state index in [9.17, 15) is 4.79 Å². The molecule has 0 aliphatic rings. The minimum Gasteiger partial charge on any atom is -0.320 e. The maximum absolute atomic E-state index is 12.0. The maximum atomic E-state index is 12.0. The molecule has 0 atom stereocenters. The van der Waals surface area contributed by atoms with Gasteiger partial charge in [0.15, 0.2) is 0 Å². The van der Waals surface area contributed by atoms with Crippen LogP contribution in [0.15, 0.2) is 36.5 Å². The third kappa shape index (κ3) is 2.68. The summed E-state index contributed by atoms with van der Waals surface area (Å²) in [5, 5.41) is 3.33. The lowest BCUT2D eigenvalue weighted by atomic mass is 10.1. The van der Waals surface area contributed by atoms with Crippen molar-refractivity contribution in [2.45, 2.75) is 13.8 Å². The fraction of sp³-hybridized carbons (Fsp3) is 0.143. The van der Waals surface area contributed by atoms with Gasteiger partial charge in [-0.25, -0.2) is 0 Å². The van der Waals surface area contributed by atoms with E-state index in [2.05, 4.69) is 10.3 Å². The number of anilines is 1. The second kappa shape index (κ2) is 5.19. The molecular weight excluding hydrogens is 248 g/mol. The monoisotopic (exact) mass is 260 g/mol. The van der Waals surface area contributed by atoms with E-state index in [1.54, 1.807) is 12.1 Å². The molecule has 0 bridgehead atoms. The summed E-state index contributed by atoms with van der Waals surface area (Å²) >= 11 is 5.83. The molecule has 0 aliphatic heterocycles. The van der Waals surface area contributed by atoms with Crippen LogP contribution in [0, 0.1) is 13.8 Å². The summed E-state index contributed by atoms with van der Waals surface area (Å²) in [5.41, 5.74) is 3.28. The Morgan fingerprint density at radius 3 is 2.78 bits per heavy atom. The van der Waals surface area contributed by atoms with Gasteiger partial charge in [0.25, 0.3) is 5.91 Å². The van der Waals surface area contributed by atoms with Crippen molar-refractivity contribution in [1.82, 2.24) is 4.98 Å². The van der Waals surface area contributed by atoms with Gasteiger partial charge < -0.3 is 5.32 Å².